The lowest BCUT2D eigenvalue weighted by atomic mass is 10.1. The molecule has 1 amide bonds. The van der Waals surface area contributed by atoms with E-state index in [-0.39, 0.29) is 11.7 Å². The van der Waals surface area contributed by atoms with E-state index in [2.05, 4.69) is 0 Å². The molecular formula is C15H21FN2O. The highest BCUT2D eigenvalue weighted by atomic mass is 19.1. The molecule has 0 atom stereocenters. The van der Waals surface area contributed by atoms with Gasteiger partial charge in [0.15, 0.2) is 0 Å². The van der Waals surface area contributed by atoms with Crippen LogP contribution in [0, 0.1) is 5.82 Å². The zero-order valence-electron chi connectivity index (χ0n) is 11.2. The van der Waals surface area contributed by atoms with Crippen LogP contribution in [0.15, 0.2) is 18.2 Å². The van der Waals surface area contributed by atoms with Gasteiger partial charge in [-0.1, -0.05) is 25.0 Å². The number of hydrogen-bond acceptors (Lipinski definition) is 2. The first-order chi connectivity index (χ1) is 9.20. The molecule has 2 rings (SSSR count). The van der Waals surface area contributed by atoms with E-state index in [0.717, 1.165) is 37.8 Å². The molecule has 104 valence electrons. The van der Waals surface area contributed by atoms with Crippen LogP contribution in [-0.4, -0.2) is 17.4 Å². The highest BCUT2D eigenvalue weighted by molar-refractivity contribution is 5.76. The van der Waals surface area contributed by atoms with Crippen LogP contribution < -0.4 is 5.73 Å². The summed E-state index contributed by atoms with van der Waals surface area (Å²) in [7, 11) is 0. The van der Waals surface area contributed by atoms with Crippen molar-refractivity contribution < 1.29 is 9.18 Å². The molecule has 1 aliphatic heterocycles. The molecule has 1 aliphatic rings. The molecule has 0 aromatic heterocycles. The van der Waals surface area contributed by atoms with E-state index in [0.29, 0.717) is 25.1 Å². The Morgan fingerprint density at radius 2 is 2.00 bits per heavy atom. The summed E-state index contributed by atoms with van der Waals surface area (Å²) in [5.41, 5.74) is 6.84. The molecule has 1 heterocycles. The molecule has 0 spiro atoms. The molecule has 1 saturated heterocycles. The summed E-state index contributed by atoms with van der Waals surface area (Å²) in [4.78, 5) is 13.8. The Kier molecular flexibility index (Phi) is 4.91. The van der Waals surface area contributed by atoms with Gasteiger partial charge in [-0.15, -0.1) is 0 Å². The van der Waals surface area contributed by atoms with Crippen LogP contribution in [0.4, 0.5) is 4.39 Å². The zero-order valence-corrected chi connectivity index (χ0v) is 11.2. The van der Waals surface area contributed by atoms with Crippen LogP contribution in [0.1, 0.15) is 43.2 Å². The van der Waals surface area contributed by atoms with Crippen LogP contribution in [-0.2, 0) is 17.9 Å². The molecule has 1 aromatic rings. The van der Waals surface area contributed by atoms with Crippen molar-refractivity contribution >= 4 is 5.91 Å². The van der Waals surface area contributed by atoms with Crippen LogP contribution in [0.2, 0.25) is 0 Å². The fraction of sp³-hybridized carbons (Fsp3) is 0.533. The van der Waals surface area contributed by atoms with Crippen molar-refractivity contribution in [3.63, 3.8) is 0 Å². The maximum absolute atomic E-state index is 13.9. The molecule has 4 heteroatoms. The molecule has 2 N–H and O–H groups in total. The van der Waals surface area contributed by atoms with E-state index >= 15 is 0 Å². The SMILES string of the molecule is NCc1ccc(CN2CCCCCCC2=O)c(F)c1. The predicted octanol–water partition coefficient (Wildman–Crippen LogP) is 2.58. The van der Waals surface area contributed by atoms with Crippen molar-refractivity contribution in [3.05, 3.63) is 35.1 Å². The van der Waals surface area contributed by atoms with Gasteiger partial charge in [-0.3, -0.25) is 4.79 Å². The quantitative estimate of drug-likeness (QED) is 0.912. The molecule has 0 unspecified atom stereocenters. The third kappa shape index (κ3) is 3.77. The number of halogens is 1. The molecule has 3 nitrogen and oxygen atoms in total. The average Bonchev–Trinajstić information content (AvgIpc) is 2.40. The van der Waals surface area contributed by atoms with E-state index in [4.69, 9.17) is 5.73 Å². The summed E-state index contributed by atoms with van der Waals surface area (Å²) in [5.74, 6) is -0.125. The van der Waals surface area contributed by atoms with Crippen molar-refractivity contribution in [1.82, 2.24) is 4.90 Å². The summed E-state index contributed by atoms with van der Waals surface area (Å²) in [5, 5.41) is 0. The lowest BCUT2D eigenvalue weighted by Crippen LogP contribution is -2.32. The molecule has 1 aromatic carbocycles. The highest BCUT2D eigenvalue weighted by Gasteiger charge is 2.17. The maximum atomic E-state index is 13.9. The molecule has 0 saturated carbocycles. The highest BCUT2D eigenvalue weighted by Crippen LogP contribution is 2.17. The van der Waals surface area contributed by atoms with E-state index in [9.17, 15) is 9.18 Å². The Morgan fingerprint density at radius 3 is 2.74 bits per heavy atom. The minimum absolute atomic E-state index is 0.141. The average molecular weight is 264 g/mol. The minimum atomic E-state index is -0.266. The molecule has 19 heavy (non-hydrogen) atoms. The Hall–Kier alpha value is -1.42. The lowest BCUT2D eigenvalue weighted by Gasteiger charge is -2.25. The van der Waals surface area contributed by atoms with E-state index in [1.807, 2.05) is 6.07 Å². The number of nitrogens with zero attached hydrogens (tertiary/aromatic N) is 1. The van der Waals surface area contributed by atoms with E-state index < -0.39 is 0 Å². The maximum Gasteiger partial charge on any atom is 0.222 e. The largest absolute Gasteiger partial charge is 0.338 e. The van der Waals surface area contributed by atoms with Crippen LogP contribution in [0.5, 0.6) is 0 Å². The second-order valence-electron chi connectivity index (χ2n) is 5.11. The normalized spacial score (nSPS) is 17.2. The summed E-state index contributed by atoms with van der Waals surface area (Å²) in [6.07, 6.45) is 4.82. The number of benzene rings is 1. The third-order valence-corrected chi connectivity index (χ3v) is 3.64. The van der Waals surface area contributed by atoms with Gasteiger partial charge in [0.1, 0.15) is 5.82 Å². The van der Waals surface area contributed by atoms with Crippen LogP contribution in [0.3, 0.4) is 0 Å². The van der Waals surface area contributed by atoms with Crippen molar-refractivity contribution in [2.24, 2.45) is 5.73 Å². The Morgan fingerprint density at radius 1 is 1.21 bits per heavy atom. The zero-order chi connectivity index (χ0) is 13.7. The van der Waals surface area contributed by atoms with Gasteiger partial charge in [-0.2, -0.15) is 0 Å². The summed E-state index contributed by atoms with van der Waals surface area (Å²) in [6, 6.07) is 5.03. The standard InChI is InChI=1S/C15H21FN2O/c16-14-9-12(10-17)6-7-13(14)11-18-8-4-2-1-3-5-15(18)19/h6-7,9H,1-5,8,10-11,17H2. The van der Waals surface area contributed by atoms with Gasteiger partial charge in [0.05, 0.1) is 0 Å². The van der Waals surface area contributed by atoms with Crippen molar-refractivity contribution in [2.45, 2.75) is 45.2 Å². The van der Waals surface area contributed by atoms with E-state index in [1.165, 1.54) is 6.07 Å². The molecular weight excluding hydrogens is 243 g/mol. The lowest BCUT2D eigenvalue weighted by molar-refractivity contribution is -0.132. The number of amides is 1. The van der Waals surface area contributed by atoms with Gasteiger partial charge in [-0.05, 0) is 24.5 Å². The second kappa shape index (κ2) is 6.66. The topological polar surface area (TPSA) is 46.3 Å². The van der Waals surface area contributed by atoms with Crippen molar-refractivity contribution in [1.29, 1.82) is 0 Å². The number of carbonyl (C=O) groups is 1. The summed E-state index contributed by atoms with van der Waals surface area (Å²) < 4.78 is 13.9. The number of hydrogen-bond donors (Lipinski definition) is 1. The number of rotatable bonds is 3. The van der Waals surface area contributed by atoms with Gasteiger partial charge < -0.3 is 10.6 Å². The van der Waals surface area contributed by atoms with Gasteiger partial charge in [0, 0.05) is 31.6 Å². The number of carbonyl (C=O) groups excluding carboxylic acids is 1. The molecule has 0 radical (unpaired) electrons. The van der Waals surface area contributed by atoms with Crippen LogP contribution in [0.25, 0.3) is 0 Å². The summed E-state index contributed by atoms with van der Waals surface area (Å²) >= 11 is 0. The Bertz CT molecular complexity index is 448. The third-order valence-electron chi connectivity index (χ3n) is 3.64. The first kappa shape index (κ1) is 14.0. The van der Waals surface area contributed by atoms with Gasteiger partial charge >= 0.3 is 0 Å². The smallest absolute Gasteiger partial charge is 0.222 e. The van der Waals surface area contributed by atoms with Gasteiger partial charge in [0.25, 0.3) is 0 Å². The predicted molar refractivity (Wildman–Crippen MR) is 72.8 cm³/mol. The number of nitrogens with two attached hydrogens (primary N) is 1. The molecule has 0 aliphatic carbocycles. The van der Waals surface area contributed by atoms with Gasteiger partial charge in [-0.25, -0.2) is 4.39 Å². The van der Waals surface area contributed by atoms with Crippen LogP contribution >= 0.6 is 0 Å². The summed E-state index contributed by atoms with van der Waals surface area (Å²) in [6.45, 7) is 1.44. The molecule has 0 bridgehead atoms. The fourth-order valence-electron chi connectivity index (χ4n) is 2.43. The first-order valence-electron chi connectivity index (χ1n) is 6.96. The van der Waals surface area contributed by atoms with Crippen molar-refractivity contribution in [2.75, 3.05) is 6.54 Å². The van der Waals surface area contributed by atoms with Gasteiger partial charge in [0.2, 0.25) is 5.91 Å². The Labute approximate surface area is 113 Å². The molecule has 1 fully saturated rings. The second-order valence-corrected chi connectivity index (χ2v) is 5.11. The first-order valence-corrected chi connectivity index (χ1v) is 6.96. The number of likely N-dealkylation sites (tertiary alicyclic amines) is 1. The fourth-order valence-corrected chi connectivity index (χ4v) is 2.43. The Balaban J connectivity index is 2.07. The van der Waals surface area contributed by atoms with E-state index in [1.54, 1.807) is 11.0 Å². The monoisotopic (exact) mass is 264 g/mol. The minimum Gasteiger partial charge on any atom is -0.338 e. The van der Waals surface area contributed by atoms with Crippen molar-refractivity contribution in [3.8, 4) is 0 Å².